The Morgan fingerprint density at radius 1 is 1.10 bits per heavy atom. The van der Waals surface area contributed by atoms with Crippen molar-refractivity contribution in [2.45, 2.75) is 6.54 Å². The van der Waals surface area contributed by atoms with Gasteiger partial charge < -0.3 is 15.4 Å². The highest BCUT2D eigenvalue weighted by molar-refractivity contribution is 6.58. The first-order valence-corrected chi connectivity index (χ1v) is 6.43. The lowest BCUT2D eigenvalue weighted by Crippen LogP contribution is -2.30. The van der Waals surface area contributed by atoms with Crippen LogP contribution in [0.25, 0.3) is 0 Å². The van der Waals surface area contributed by atoms with E-state index in [2.05, 4.69) is 5.32 Å². The molecule has 0 saturated carbocycles. The van der Waals surface area contributed by atoms with Crippen molar-refractivity contribution in [1.82, 2.24) is 5.32 Å². The molecule has 0 aliphatic rings. The Labute approximate surface area is 122 Å². The molecule has 0 aliphatic carbocycles. The molecule has 2 aromatic rings. The van der Waals surface area contributed by atoms with Gasteiger partial charge in [0.2, 0.25) is 0 Å². The average Bonchev–Trinajstić information content (AvgIpc) is 2.45. The first kappa shape index (κ1) is 14.6. The molecular weight excluding hydrogens is 276 g/mol. The molecule has 0 saturated heterocycles. The van der Waals surface area contributed by atoms with Crippen LogP contribution in [0, 0.1) is 0 Å². The van der Waals surface area contributed by atoms with E-state index in [0.717, 1.165) is 5.56 Å². The second-order valence-corrected chi connectivity index (χ2v) is 4.68. The van der Waals surface area contributed by atoms with E-state index in [-0.39, 0.29) is 5.91 Å². The summed E-state index contributed by atoms with van der Waals surface area (Å²) < 4.78 is 0. The zero-order valence-electron chi connectivity index (χ0n) is 10.6. The molecule has 0 aromatic heterocycles. The molecule has 1 amide bonds. The van der Waals surface area contributed by atoms with Gasteiger partial charge in [-0.05, 0) is 23.2 Å². The number of hydrogen-bond acceptors (Lipinski definition) is 3. The van der Waals surface area contributed by atoms with Crippen molar-refractivity contribution >= 4 is 30.1 Å². The second-order valence-electron chi connectivity index (χ2n) is 4.28. The third kappa shape index (κ3) is 3.60. The minimum absolute atomic E-state index is 0.248. The number of benzene rings is 2. The van der Waals surface area contributed by atoms with E-state index in [0.29, 0.717) is 22.6 Å². The summed E-state index contributed by atoms with van der Waals surface area (Å²) >= 11 is 5.94. The quantitative estimate of drug-likeness (QED) is 0.734. The van der Waals surface area contributed by atoms with E-state index in [4.69, 9.17) is 21.6 Å². The highest BCUT2D eigenvalue weighted by atomic mass is 35.5. The van der Waals surface area contributed by atoms with Crippen LogP contribution in [0.5, 0.6) is 0 Å². The Morgan fingerprint density at radius 2 is 1.75 bits per heavy atom. The van der Waals surface area contributed by atoms with Gasteiger partial charge in [0, 0.05) is 6.54 Å². The summed E-state index contributed by atoms with van der Waals surface area (Å²) in [5.74, 6) is -0.248. The lowest BCUT2D eigenvalue weighted by atomic mass is 9.80. The first-order valence-electron chi connectivity index (χ1n) is 6.05. The Balaban J connectivity index is 1.98. The van der Waals surface area contributed by atoms with Gasteiger partial charge in [0.15, 0.2) is 0 Å². The van der Waals surface area contributed by atoms with E-state index in [1.807, 2.05) is 0 Å². The molecule has 2 rings (SSSR count). The molecule has 0 fully saturated rings. The van der Waals surface area contributed by atoms with Gasteiger partial charge in [-0.25, -0.2) is 0 Å². The van der Waals surface area contributed by atoms with Crippen LogP contribution in [-0.4, -0.2) is 23.1 Å². The fourth-order valence-electron chi connectivity index (χ4n) is 1.73. The van der Waals surface area contributed by atoms with Gasteiger partial charge >= 0.3 is 7.12 Å². The summed E-state index contributed by atoms with van der Waals surface area (Å²) in [6.45, 7) is 0.339. The second kappa shape index (κ2) is 6.57. The molecule has 6 heteroatoms. The molecule has 0 radical (unpaired) electrons. The molecule has 0 atom stereocenters. The van der Waals surface area contributed by atoms with Crippen molar-refractivity contribution in [3.63, 3.8) is 0 Å². The molecule has 0 bridgehead atoms. The molecule has 0 spiro atoms. The minimum Gasteiger partial charge on any atom is -0.423 e. The van der Waals surface area contributed by atoms with Gasteiger partial charge in [-0.3, -0.25) is 4.79 Å². The minimum atomic E-state index is -1.48. The Kier molecular flexibility index (Phi) is 4.79. The van der Waals surface area contributed by atoms with Gasteiger partial charge in [0.25, 0.3) is 5.91 Å². The zero-order valence-corrected chi connectivity index (χ0v) is 11.3. The summed E-state index contributed by atoms with van der Waals surface area (Å²) in [5.41, 5.74) is 1.69. The van der Waals surface area contributed by atoms with Gasteiger partial charge in [-0.15, -0.1) is 0 Å². The fraction of sp³-hybridized carbons (Fsp3) is 0.0714. The third-order valence-corrected chi connectivity index (χ3v) is 3.18. The van der Waals surface area contributed by atoms with E-state index < -0.39 is 7.12 Å². The van der Waals surface area contributed by atoms with Crippen LogP contribution < -0.4 is 10.8 Å². The van der Waals surface area contributed by atoms with Crippen molar-refractivity contribution in [1.29, 1.82) is 0 Å². The molecular formula is C14H13BClNO3. The third-order valence-electron chi connectivity index (χ3n) is 2.85. The van der Waals surface area contributed by atoms with Gasteiger partial charge in [0.05, 0.1) is 10.6 Å². The van der Waals surface area contributed by atoms with Crippen molar-refractivity contribution in [3.8, 4) is 0 Å². The van der Waals surface area contributed by atoms with E-state index in [1.54, 1.807) is 48.5 Å². The van der Waals surface area contributed by atoms with Gasteiger partial charge in [-0.1, -0.05) is 48.0 Å². The highest BCUT2D eigenvalue weighted by Gasteiger charge is 2.11. The summed E-state index contributed by atoms with van der Waals surface area (Å²) in [4.78, 5) is 11.9. The summed E-state index contributed by atoms with van der Waals surface area (Å²) in [5, 5.41) is 21.1. The lowest BCUT2D eigenvalue weighted by molar-refractivity contribution is 0.0951. The monoisotopic (exact) mass is 289 g/mol. The lowest BCUT2D eigenvalue weighted by Gasteiger charge is -2.07. The van der Waals surface area contributed by atoms with Gasteiger partial charge in [-0.2, -0.15) is 0 Å². The summed E-state index contributed by atoms with van der Waals surface area (Å²) in [6, 6.07) is 13.5. The largest absolute Gasteiger partial charge is 0.488 e. The van der Waals surface area contributed by atoms with Crippen LogP contribution in [0.3, 0.4) is 0 Å². The number of nitrogens with one attached hydrogen (secondary N) is 1. The van der Waals surface area contributed by atoms with E-state index >= 15 is 0 Å². The summed E-state index contributed by atoms with van der Waals surface area (Å²) in [7, 11) is -1.48. The average molecular weight is 290 g/mol. The number of carbonyl (C=O) groups is 1. The molecule has 102 valence electrons. The predicted octanol–water partition coefficient (Wildman–Crippen LogP) is 0.950. The van der Waals surface area contributed by atoms with Crippen LogP contribution in [-0.2, 0) is 6.54 Å². The molecule has 0 unspecified atom stereocenters. The Hall–Kier alpha value is -1.82. The van der Waals surface area contributed by atoms with Crippen molar-refractivity contribution in [2.75, 3.05) is 0 Å². The fourth-order valence-corrected chi connectivity index (χ4v) is 1.95. The normalized spacial score (nSPS) is 10.2. The molecule has 0 aliphatic heterocycles. The van der Waals surface area contributed by atoms with Crippen LogP contribution in [0.15, 0.2) is 48.5 Å². The van der Waals surface area contributed by atoms with Crippen molar-refractivity contribution in [3.05, 3.63) is 64.7 Å². The first-order chi connectivity index (χ1) is 9.58. The number of carbonyl (C=O) groups excluding carboxylic acids is 1. The zero-order chi connectivity index (χ0) is 14.5. The van der Waals surface area contributed by atoms with Crippen LogP contribution in [0.2, 0.25) is 5.02 Å². The van der Waals surface area contributed by atoms with E-state index in [9.17, 15) is 4.79 Å². The topological polar surface area (TPSA) is 69.6 Å². The number of hydrogen-bond donors (Lipinski definition) is 3. The van der Waals surface area contributed by atoms with Crippen LogP contribution in [0.4, 0.5) is 0 Å². The molecule has 3 N–H and O–H groups in total. The smallest absolute Gasteiger partial charge is 0.423 e. The maximum atomic E-state index is 11.9. The molecule has 20 heavy (non-hydrogen) atoms. The number of rotatable bonds is 4. The van der Waals surface area contributed by atoms with Crippen LogP contribution >= 0.6 is 11.6 Å². The van der Waals surface area contributed by atoms with Crippen molar-refractivity contribution < 1.29 is 14.8 Å². The molecule has 2 aromatic carbocycles. The highest BCUT2D eigenvalue weighted by Crippen LogP contribution is 2.14. The Bertz CT molecular complexity index is 602. The SMILES string of the molecule is O=C(NCc1ccc(B(O)O)cc1)c1ccccc1Cl. The standard InChI is InChI=1S/C14H13BClNO3/c16-13-4-2-1-3-12(13)14(18)17-9-10-5-7-11(8-6-10)15(19)20/h1-8,19-20H,9H2,(H,17,18). The predicted molar refractivity (Wildman–Crippen MR) is 78.9 cm³/mol. The van der Waals surface area contributed by atoms with Gasteiger partial charge in [0.1, 0.15) is 0 Å². The van der Waals surface area contributed by atoms with E-state index in [1.165, 1.54) is 0 Å². The maximum Gasteiger partial charge on any atom is 0.488 e. The van der Waals surface area contributed by atoms with Crippen LogP contribution in [0.1, 0.15) is 15.9 Å². The molecule has 4 nitrogen and oxygen atoms in total. The molecule has 0 heterocycles. The number of amides is 1. The maximum absolute atomic E-state index is 11.9. The Morgan fingerprint density at radius 3 is 2.35 bits per heavy atom. The number of halogens is 1. The summed E-state index contributed by atoms with van der Waals surface area (Å²) in [6.07, 6.45) is 0. The van der Waals surface area contributed by atoms with Crippen molar-refractivity contribution in [2.24, 2.45) is 0 Å².